The largest absolute Gasteiger partial charge is 0.497 e. The van der Waals surface area contributed by atoms with Crippen LogP contribution in [0.5, 0.6) is 5.75 Å². The van der Waals surface area contributed by atoms with Crippen LogP contribution in [-0.4, -0.2) is 50.5 Å². The summed E-state index contributed by atoms with van der Waals surface area (Å²) in [7, 11) is 3.62. The van der Waals surface area contributed by atoms with Crippen LogP contribution < -0.4 is 4.74 Å². The maximum atomic E-state index is 13.4. The van der Waals surface area contributed by atoms with Crippen molar-refractivity contribution in [2.45, 2.75) is 81.4 Å². The summed E-state index contributed by atoms with van der Waals surface area (Å²) < 4.78 is 7.30. The van der Waals surface area contributed by atoms with Gasteiger partial charge in [-0.15, -0.1) is 10.2 Å². The number of methoxy groups -OCH3 is 1. The number of hydrogen-bond donors (Lipinski definition) is 0. The molecule has 0 unspecified atom stereocenters. The van der Waals surface area contributed by atoms with Crippen LogP contribution in [-0.2, 0) is 11.8 Å². The highest BCUT2D eigenvalue weighted by Crippen LogP contribution is 2.32. The van der Waals surface area contributed by atoms with E-state index >= 15 is 0 Å². The van der Waals surface area contributed by atoms with Crippen LogP contribution in [0.25, 0.3) is 11.4 Å². The SMILES string of the molecule is COc1cccc(-c2nnc(SCC(=O)N(C3CCCCC3)C3CCCCC3)n2C)c1. The standard InChI is InChI=1S/C24H34N4O2S/c1-27-23(18-10-9-15-21(16-18)30-2)25-26-24(27)31-17-22(29)28(19-11-5-3-6-12-19)20-13-7-4-8-14-20/h9-10,15-16,19-20H,3-8,11-14,17H2,1-2H3. The fraction of sp³-hybridized carbons (Fsp3) is 0.625. The van der Waals surface area contributed by atoms with Crippen molar-refractivity contribution in [3.8, 4) is 17.1 Å². The second kappa shape index (κ2) is 10.5. The van der Waals surface area contributed by atoms with Crippen LogP contribution in [0.1, 0.15) is 64.2 Å². The molecule has 6 nitrogen and oxygen atoms in total. The van der Waals surface area contributed by atoms with Crippen molar-refractivity contribution in [2.75, 3.05) is 12.9 Å². The summed E-state index contributed by atoms with van der Waals surface area (Å²) in [5.74, 6) is 2.28. The van der Waals surface area contributed by atoms with Crippen LogP contribution in [0.4, 0.5) is 0 Å². The van der Waals surface area contributed by atoms with E-state index in [1.165, 1.54) is 50.3 Å². The van der Waals surface area contributed by atoms with E-state index in [9.17, 15) is 4.79 Å². The number of amides is 1. The summed E-state index contributed by atoms with van der Waals surface area (Å²) in [5.41, 5.74) is 0.957. The third-order valence-corrected chi connectivity index (χ3v) is 7.72. The molecule has 2 fully saturated rings. The Kier molecular flexibility index (Phi) is 7.54. The van der Waals surface area contributed by atoms with Gasteiger partial charge in [-0.3, -0.25) is 4.79 Å². The fourth-order valence-electron chi connectivity index (χ4n) is 5.08. The molecule has 2 aromatic rings. The molecule has 0 N–H and O–H groups in total. The topological polar surface area (TPSA) is 60.3 Å². The van der Waals surface area contributed by atoms with Gasteiger partial charge in [-0.2, -0.15) is 0 Å². The first kappa shape index (κ1) is 22.2. The number of aromatic nitrogens is 3. The van der Waals surface area contributed by atoms with Gasteiger partial charge in [-0.05, 0) is 37.8 Å². The van der Waals surface area contributed by atoms with Crippen LogP contribution in [0, 0.1) is 0 Å². The highest BCUT2D eigenvalue weighted by molar-refractivity contribution is 7.99. The molecule has 168 valence electrons. The molecule has 7 heteroatoms. The molecular weight excluding hydrogens is 408 g/mol. The van der Waals surface area contributed by atoms with Crippen molar-refractivity contribution < 1.29 is 9.53 Å². The molecule has 1 amide bonds. The number of benzene rings is 1. The van der Waals surface area contributed by atoms with E-state index in [1.807, 2.05) is 35.9 Å². The van der Waals surface area contributed by atoms with Gasteiger partial charge in [0.15, 0.2) is 11.0 Å². The molecule has 0 atom stereocenters. The van der Waals surface area contributed by atoms with Crippen molar-refractivity contribution in [3.05, 3.63) is 24.3 Å². The molecule has 1 aromatic heterocycles. The van der Waals surface area contributed by atoms with E-state index in [-0.39, 0.29) is 5.91 Å². The van der Waals surface area contributed by atoms with E-state index in [0.29, 0.717) is 17.8 Å². The van der Waals surface area contributed by atoms with Gasteiger partial charge in [-0.25, -0.2) is 0 Å². The number of carbonyl (C=O) groups is 1. The highest BCUT2D eigenvalue weighted by Gasteiger charge is 2.32. The number of thioether (sulfide) groups is 1. The third-order valence-electron chi connectivity index (χ3n) is 6.71. The Bertz CT molecular complexity index is 854. The summed E-state index contributed by atoms with van der Waals surface area (Å²) in [4.78, 5) is 15.7. The summed E-state index contributed by atoms with van der Waals surface area (Å²) in [6.07, 6.45) is 12.3. The molecule has 2 saturated carbocycles. The minimum atomic E-state index is 0.273. The Morgan fingerprint density at radius 2 is 1.71 bits per heavy atom. The Balaban J connectivity index is 1.45. The summed E-state index contributed by atoms with van der Waals surface area (Å²) in [5, 5.41) is 9.52. The average molecular weight is 443 g/mol. The fourth-order valence-corrected chi connectivity index (χ4v) is 5.86. The maximum absolute atomic E-state index is 13.4. The second-order valence-corrected chi connectivity index (χ2v) is 9.71. The molecule has 2 aliphatic carbocycles. The first-order chi connectivity index (χ1) is 15.2. The van der Waals surface area contributed by atoms with Crippen molar-refractivity contribution in [1.29, 1.82) is 0 Å². The van der Waals surface area contributed by atoms with Gasteiger partial charge < -0.3 is 14.2 Å². The minimum Gasteiger partial charge on any atom is -0.497 e. The monoisotopic (exact) mass is 442 g/mol. The van der Waals surface area contributed by atoms with Gasteiger partial charge in [0, 0.05) is 24.7 Å². The molecule has 0 spiro atoms. The van der Waals surface area contributed by atoms with E-state index in [0.717, 1.165) is 48.0 Å². The minimum absolute atomic E-state index is 0.273. The predicted molar refractivity (Wildman–Crippen MR) is 124 cm³/mol. The summed E-state index contributed by atoms with van der Waals surface area (Å²) in [6, 6.07) is 8.68. The molecular formula is C24H34N4O2S. The van der Waals surface area contributed by atoms with Gasteiger partial charge in [0.25, 0.3) is 0 Å². The van der Waals surface area contributed by atoms with E-state index in [2.05, 4.69) is 15.1 Å². The number of ether oxygens (including phenoxy) is 1. The summed E-state index contributed by atoms with van der Waals surface area (Å²) >= 11 is 1.50. The lowest BCUT2D eigenvalue weighted by molar-refractivity contribution is -0.135. The van der Waals surface area contributed by atoms with E-state index < -0.39 is 0 Å². The van der Waals surface area contributed by atoms with Crippen molar-refractivity contribution in [3.63, 3.8) is 0 Å². The van der Waals surface area contributed by atoms with Crippen molar-refractivity contribution in [1.82, 2.24) is 19.7 Å². The zero-order chi connectivity index (χ0) is 21.6. The van der Waals surface area contributed by atoms with Crippen LogP contribution in [0.3, 0.4) is 0 Å². The summed E-state index contributed by atoms with van der Waals surface area (Å²) in [6.45, 7) is 0. The van der Waals surface area contributed by atoms with Gasteiger partial charge in [0.05, 0.1) is 12.9 Å². The molecule has 1 heterocycles. The molecule has 0 saturated heterocycles. The van der Waals surface area contributed by atoms with Crippen LogP contribution in [0.2, 0.25) is 0 Å². The Morgan fingerprint density at radius 1 is 1.06 bits per heavy atom. The molecule has 1 aromatic carbocycles. The molecule has 0 aliphatic heterocycles. The van der Waals surface area contributed by atoms with Gasteiger partial charge in [0.1, 0.15) is 5.75 Å². The highest BCUT2D eigenvalue weighted by atomic mass is 32.2. The van der Waals surface area contributed by atoms with Gasteiger partial charge in [0.2, 0.25) is 5.91 Å². The molecule has 2 aliphatic rings. The molecule has 0 bridgehead atoms. The van der Waals surface area contributed by atoms with Gasteiger partial charge in [-0.1, -0.05) is 62.4 Å². The maximum Gasteiger partial charge on any atom is 0.233 e. The zero-order valence-electron chi connectivity index (χ0n) is 18.8. The normalized spacial score (nSPS) is 18.1. The average Bonchev–Trinajstić information content (AvgIpc) is 3.19. The van der Waals surface area contributed by atoms with Gasteiger partial charge >= 0.3 is 0 Å². The van der Waals surface area contributed by atoms with E-state index in [4.69, 9.17) is 4.74 Å². The first-order valence-corrected chi connectivity index (χ1v) is 12.6. The molecule has 0 radical (unpaired) electrons. The predicted octanol–water partition coefficient (Wildman–Crippen LogP) is 5.08. The smallest absolute Gasteiger partial charge is 0.233 e. The Labute approximate surface area is 189 Å². The lowest BCUT2D eigenvalue weighted by Gasteiger charge is -2.41. The number of carbonyl (C=O) groups excluding carboxylic acids is 1. The van der Waals surface area contributed by atoms with Crippen molar-refractivity contribution in [2.24, 2.45) is 7.05 Å². The molecule has 31 heavy (non-hydrogen) atoms. The Morgan fingerprint density at radius 3 is 2.32 bits per heavy atom. The van der Waals surface area contributed by atoms with E-state index in [1.54, 1.807) is 7.11 Å². The lowest BCUT2D eigenvalue weighted by Crippen LogP contribution is -2.49. The number of nitrogens with zero attached hydrogens (tertiary/aromatic N) is 4. The number of hydrogen-bond acceptors (Lipinski definition) is 5. The third kappa shape index (κ3) is 5.25. The second-order valence-electron chi connectivity index (χ2n) is 8.77. The first-order valence-electron chi connectivity index (χ1n) is 11.6. The Hall–Kier alpha value is -2.02. The van der Waals surface area contributed by atoms with Crippen LogP contribution >= 0.6 is 11.8 Å². The number of rotatable bonds is 7. The molecule has 4 rings (SSSR count). The lowest BCUT2D eigenvalue weighted by atomic mass is 9.88. The van der Waals surface area contributed by atoms with Crippen LogP contribution in [0.15, 0.2) is 29.4 Å². The zero-order valence-corrected chi connectivity index (χ0v) is 19.6. The quantitative estimate of drug-likeness (QED) is 0.560. The van der Waals surface area contributed by atoms with Crippen molar-refractivity contribution >= 4 is 17.7 Å².